The van der Waals surface area contributed by atoms with Gasteiger partial charge < -0.3 is 14.1 Å². The maximum absolute atomic E-state index is 13.1. The number of nitrogens with zero attached hydrogens (tertiary/aromatic N) is 3. The number of ether oxygens (including phenoxy) is 1. The second kappa shape index (κ2) is 7.96. The summed E-state index contributed by atoms with van der Waals surface area (Å²) in [4.78, 5) is 25.7. The molecule has 0 atom stereocenters. The Morgan fingerprint density at radius 2 is 1.77 bits per heavy atom. The first kappa shape index (κ1) is 20.2. The van der Waals surface area contributed by atoms with Gasteiger partial charge in [0.2, 0.25) is 10.0 Å². The molecule has 158 valence electrons. The zero-order chi connectivity index (χ0) is 21.3. The molecule has 1 saturated heterocycles. The van der Waals surface area contributed by atoms with Crippen LogP contribution in [0.5, 0.6) is 0 Å². The van der Waals surface area contributed by atoms with Crippen molar-refractivity contribution in [3.05, 3.63) is 59.1 Å². The van der Waals surface area contributed by atoms with E-state index in [9.17, 15) is 18.0 Å². The minimum absolute atomic E-state index is 0.0436. The highest BCUT2D eigenvalue weighted by Gasteiger charge is 2.29. The molecule has 0 spiro atoms. The van der Waals surface area contributed by atoms with Crippen molar-refractivity contribution in [3.8, 4) is 0 Å². The van der Waals surface area contributed by atoms with Crippen LogP contribution in [0.4, 0.5) is 5.69 Å². The summed E-state index contributed by atoms with van der Waals surface area (Å²) in [5.41, 5.74) is 1.50. The van der Waals surface area contributed by atoms with Crippen LogP contribution in [0.15, 0.2) is 62.6 Å². The molecule has 0 amide bonds. The van der Waals surface area contributed by atoms with Gasteiger partial charge in [-0.15, -0.1) is 0 Å². The Morgan fingerprint density at radius 3 is 2.43 bits per heavy atom. The van der Waals surface area contributed by atoms with E-state index in [0.29, 0.717) is 31.7 Å². The standard InChI is InChI=1S/C20H21N3O6S/c1-28-19(24)14-23-17-8-7-16(13-18(17)29-20(23)25)30(26,27)22-11-9-21(10-12-22)15-5-3-2-4-6-15/h2-8,13H,9-12,14H2,1H3. The second-order valence-corrected chi connectivity index (χ2v) is 8.82. The fourth-order valence-electron chi connectivity index (χ4n) is 3.53. The number of carbonyl (C=O) groups excluding carboxylic acids is 1. The Bertz CT molecular complexity index is 1220. The minimum Gasteiger partial charge on any atom is -0.468 e. The van der Waals surface area contributed by atoms with Crippen molar-refractivity contribution in [3.63, 3.8) is 0 Å². The first-order chi connectivity index (χ1) is 14.4. The van der Waals surface area contributed by atoms with Gasteiger partial charge in [-0.2, -0.15) is 4.31 Å². The van der Waals surface area contributed by atoms with Gasteiger partial charge in [0.1, 0.15) is 6.54 Å². The lowest BCUT2D eigenvalue weighted by Crippen LogP contribution is -2.48. The van der Waals surface area contributed by atoms with Gasteiger partial charge >= 0.3 is 11.7 Å². The van der Waals surface area contributed by atoms with E-state index < -0.39 is 21.7 Å². The molecule has 1 aliphatic heterocycles. The second-order valence-electron chi connectivity index (χ2n) is 6.89. The first-order valence-corrected chi connectivity index (χ1v) is 10.8. The molecule has 10 heteroatoms. The van der Waals surface area contributed by atoms with E-state index in [1.165, 1.54) is 29.6 Å². The summed E-state index contributed by atoms with van der Waals surface area (Å²) < 4.78 is 38.5. The number of oxazole rings is 1. The smallest absolute Gasteiger partial charge is 0.420 e. The Morgan fingerprint density at radius 1 is 1.07 bits per heavy atom. The predicted molar refractivity (Wildman–Crippen MR) is 110 cm³/mol. The molecule has 1 fully saturated rings. The SMILES string of the molecule is COC(=O)Cn1c(=O)oc2cc(S(=O)(=O)N3CCN(c4ccccc4)CC3)ccc21. The summed E-state index contributed by atoms with van der Waals surface area (Å²) >= 11 is 0. The molecule has 2 aromatic carbocycles. The van der Waals surface area contributed by atoms with Gasteiger partial charge in [-0.05, 0) is 24.3 Å². The van der Waals surface area contributed by atoms with Gasteiger partial charge in [0.05, 0.1) is 17.5 Å². The lowest BCUT2D eigenvalue weighted by atomic mass is 10.2. The topological polar surface area (TPSA) is 102 Å². The third-order valence-corrected chi connectivity index (χ3v) is 7.05. The molecule has 1 aromatic heterocycles. The molecule has 30 heavy (non-hydrogen) atoms. The Hall–Kier alpha value is -3.11. The van der Waals surface area contributed by atoms with Crippen molar-refractivity contribution in [2.24, 2.45) is 0 Å². The van der Waals surface area contributed by atoms with E-state index in [2.05, 4.69) is 9.64 Å². The molecule has 1 aliphatic rings. The summed E-state index contributed by atoms with van der Waals surface area (Å²) in [5.74, 6) is -1.35. The van der Waals surface area contributed by atoms with Gasteiger partial charge in [-0.3, -0.25) is 9.36 Å². The zero-order valence-corrected chi connectivity index (χ0v) is 17.2. The van der Waals surface area contributed by atoms with Crippen molar-refractivity contribution < 1.29 is 22.4 Å². The van der Waals surface area contributed by atoms with Crippen LogP contribution in [0.1, 0.15) is 0 Å². The quantitative estimate of drug-likeness (QED) is 0.561. The van der Waals surface area contributed by atoms with Crippen molar-refractivity contribution in [2.45, 2.75) is 11.4 Å². The number of methoxy groups -OCH3 is 1. The molecule has 4 rings (SSSR count). The van der Waals surface area contributed by atoms with Crippen molar-refractivity contribution in [1.29, 1.82) is 0 Å². The number of carbonyl (C=O) groups is 1. The lowest BCUT2D eigenvalue weighted by Gasteiger charge is -2.35. The Labute approximate surface area is 173 Å². The van der Waals surface area contributed by atoms with E-state index in [-0.39, 0.29) is 17.0 Å². The number of hydrogen-bond donors (Lipinski definition) is 0. The van der Waals surface area contributed by atoms with Crippen LogP contribution in [-0.4, -0.2) is 56.5 Å². The van der Waals surface area contributed by atoms with Gasteiger partial charge in [0.25, 0.3) is 0 Å². The average Bonchev–Trinajstić information content (AvgIpc) is 3.08. The van der Waals surface area contributed by atoms with Crippen molar-refractivity contribution >= 4 is 32.8 Å². The monoisotopic (exact) mass is 431 g/mol. The molecule has 3 aromatic rings. The first-order valence-electron chi connectivity index (χ1n) is 9.40. The van der Waals surface area contributed by atoms with Gasteiger partial charge in [0, 0.05) is 37.9 Å². The number of para-hydroxylation sites is 1. The lowest BCUT2D eigenvalue weighted by molar-refractivity contribution is -0.141. The van der Waals surface area contributed by atoms with Crippen LogP contribution in [0.25, 0.3) is 11.1 Å². The number of sulfonamides is 1. The maximum atomic E-state index is 13.1. The van der Waals surface area contributed by atoms with Gasteiger partial charge in [0.15, 0.2) is 5.58 Å². The van der Waals surface area contributed by atoms with E-state index in [0.717, 1.165) is 10.3 Å². The largest absolute Gasteiger partial charge is 0.468 e. The van der Waals surface area contributed by atoms with Crippen LogP contribution < -0.4 is 10.7 Å². The maximum Gasteiger partial charge on any atom is 0.420 e. The third-order valence-electron chi connectivity index (χ3n) is 5.15. The number of esters is 1. The molecular weight excluding hydrogens is 410 g/mol. The molecule has 0 radical (unpaired) electrons. The highest BCUT2D eigenvalue weighted by Crippen LogP contribution is 2.24. The number of rotatable bonds is 5. The molecule has 9 nitrogen and oxygen atoms in total. The molecule has 0 unspecified atom stereocenters. The number of aromatic nitrogens is 1. The van der Waals surface area contributed by atoms with Gasteiger partial charge in [-0.1, -0.05) is 18.2 Å². The zero-order valence-electron chi connectivity index (χ0n) is 16.4. The molecule has 0 N–H and O–H groups in total. The van der Waals surface area contributed by atoms with Crippen LogP contribution in [0.2, 0.25) is 0 Å². The number of hydrogen-bond acceptors (Lipinski definition) is 7. The fraction of sp³-hybridized carbons (Fsp3) is 0.300. The predicted octanol–water partition coefficient (Wildman–Crippen LogP) is 1.28. The van der Waals surface area contributed by atoms with E-state index >= 15 is 0 Å². The number of fused-ring (bicyclic) bond motifs is 1. The van der Waals surface area contributed by atoms with Crippen molar-refractivity contribution in [1.82, 2.24) is 8.87 Å². The summed E-state index contributed by atoms with van der Waals surface area (Å²) in [6.07, 6.45) is 0. The van der Waals surface area contributed by atoms with Crippen LogP contribution in [-0.2, 0) is 26.1 Å². The molecule has 2 heterocycles. The number of benzene rings is 2. The van der Waals surface area contributed by atoms with E-state index in [1.54, 1.807) is 0 Å². The summed E-state index contributed by atoms with van der Waals surface area (Å²) in [7, 11) is -2.53. The molecule has 0 bridgehead atoms. The molecule has 0 saturated carbocycles. The molecular formula is C20H21N3O6S. The number of piperazine rings is 1. The van der Waals surface area contributed by atoms with E-state index in [4.69, 9.17) is 4.42 Å². The van der Waals surface area contributed by atoms with Gasteiger partial charge in [-0.25, -0.2) is 13.2 Å². The molecule has 0 aliphatic carbocycles. The summed E-state index contributed by atoms with van der Waals surface area (Å²) in [5, 5.41) is 0. The summed E-state index contributed by atoms with van der Waals surface area (Å²) in [6.45, 7) is 1.55. The Balaban J connectivity index is 1.56. The Kier molecular flexibility index (Phi) is 5.35. The fourth-order valence-corrected chi connectivity index (χ4v) is 4.96. The highest BCUT2D eigenvalue weighted by atomic mass is 32.2. The third kappa shape index (κ3) is 3.71. The highest BCUT2D eigenvalue weighted by molar-refractivity contribution is 7.89. The van der Waals surface area contributed by atoms with Crippen molar-refractivity contribution in [2.75, 3.05) is 38.2 Å². The van der Waals surface area contributed by atoms with Crippen LogP contribution in [0.3, 0.4) is 0 Å². The average molecular weight is 431 g/mol. The normalized spacial score (nSPS) is 15.4. The number of anilines is 1. The minimum atomic E-state index is -3.75. The van der Waals surface area contributed by atoms with Crippen LogP contribution >= 0.6 is 0 Å². The summed E-state index contributed by atoms with van der Waals surface area (Å²) in [6, 6.07) is 14.1. The van der Waals surface area contributed by atoms with Crippen LogP contribution in [0, 0.1) is 0 Å². The van der Waals surface area contributed by atoms with E-state index in [1.807, 2.05) is 30.3 Å².